The lowest BCUT2D eigenvalue weighted by molar-refractivity contribution is 0.159. The molecule has 2 aromatic heterocycles. The van der Waals surface area contributed by atoms with Gasteiger partial charge in [0.25, 0.3) is 0 Å². The first-order valence-corrected chi connectivity index (χ1v) is 6.88. The highest BCUT2D eigenvalue weighted by Crippen LogP contribution is 2.20. The number of nitrogens with zero attached hydrogens (tertiary/aromatic N) is 4. The Kier molecular flexibility index (Phi) is 4.02. The first-order valence-electron chi connectivity index (χ1n) is 6.88. The number of para-hydroxylation sites is 1. The maximum Gasteiger partial charge on any atom is 0.0981 e. The largest absolute Gasteiger partial charge is 0.387 e. The van der Waals surface area contributed by atoms with Gasteiger partial charge in [0, 0.05) is 11.9 Å². The number of hydrogen-bond donors (Lipinski definition) is 1. The van der Waals surface area contributed by atoms with Gasteiger partial charge >= 0.3 is 0 Å². The van der Waals surface area contributed by atoms with E-state index in [-0.39, 0.29) is 0 Å². The molecule has 5 heteroatoms. The van der Waals surface area contributed by atoms with Crippen molar-refractivity contribution in [2.45, 2.75) is 18.9 Å². The van der Waals surface area contributed by atoms with Gasteiger partial charge in [-0.15, -0.1) is 5.10 Å². The maximum absolute atomic E-state index is 10.4. The van der Waals surface area contributed by atoms with Crippen LogP contribution in [0, 0.1) is 0 Å². The second kappa shape index (κ2) is 6.28. The molecule has 0 saturated heterocycles. The summed E-state index contributed by atoms with van der Waals surface area (Å²) in [7, 11) is 0. The molecule has 3 rings (SSSR count). The molecule has 1 atom stereocenters. The summed E-state index contributed by atoms with van der Waals surface area (Å²) >= 11 is 0. The molecule has 0 fully saturated rings. The first-order chi connectivity index (χ1) is 10.3. The fourth-order valence-corrected chi connectivity index (χ4v) is 2.22. The number of aromatic nitrogens is 4. The molecule has 0 saturated carbocycles. The van der Waals surface area contributed by atoms with Gasteiger partial charge in [-0.3, -0.25) is 4.98 Å². The van der Waals surface area contributed by atoms with Gasteiger partial charge in [-0.25, -0.2) is 4.68 Å². The Hall–Kier alpha value is -2.53. The van der Waals surface area contributed by atoms with Crippen molar-refractivity contribution in [3.8, 4) is 5.69 Å². The summed E-state index contributed by atoms with van der Waals surface area (Å²) < 4.78 is 1.67. The summed E-state index contributed by atoms with van der Waals surface area (Å²) in [5, 5.41) is 18.3. The lowest BCUT2D eigenvalue weighted by Gasteiger charge is -2.12. The van der Waals surface area contributed by atoms with E-state index in [4.69, 9.17) is 0 Å². The molecule has 21 heavy (non-hydrogen) atoms. The molecule has 2 heterocycles. The highest BCUT2D eigenvalue weighted by molar-refractivity contribution is 5.32. The van der Waals surface area contributed by atoms with Crippen molar-refractivity contribution in [1.29, 1.82) is 0 Å². The van der Waals surface area contributed by atoms with Crippen LogP contribution in [0.2, 0.25) is 0 Å². The molecule has 0 spiro atoms. The van der Waals surface area contributed by atoms with Crippen molar-refractivity contribution < 1.29 is 5.11 Å². The van der Waals surface area contributed by atoms with E-state index >= 15 is 0 Å². The number of rotatable bonds is 5. The van der Waals surface area contributed by atoms with Crippen LogP contribution in [-0.2, 0) is 6.42 Å². The number of aryl methyl sites for hydroxylation is 1. The fraction of sp³-hybridized carbons (Fsp3) is 0.188. The molecule has 5 nitrogen and oxygen atoms in total. The lowest BCUT2D eigenvalue weighted by Crippen LogP contribution is -2.08. The van der Waals surface area contributed by atoms with Crippen LogP contribution in [0.25, 0.3) is 5.69 Å². The Morgan fingerprint density at radius 1 is 1.05 bits per heavy atom. The minimum absolute atomic E-state index is 0.581. The van der Waals surface area contributed by atoms with Crippen LogP contribution in [0.15, 0.2) is 60.9 Å². The van der Waals surface area contributed by atoms with E-state index in [0.29, 0.717) is 18.5 Å². The zero-order chi connectivity index (χ0) is 14.5. The topological polar surface area (TPSA) is 63.8 Å². The summed E-state index contributed by atoms with van der Waals surface area (Å²) in [6.45, 7) is 0. The third kappa shape index (κ3) is 3.14. The molecular weight excluding hydrogens is 264 g/mol. The molecule has 0 bridgehead atoms. The Labute approximate surface area is 122 Å². The van der Waals surface area contributed by atoms with E-state index in [1.54, 1.807) is 17.1 Å². The van der Waals surface area contributed by atoms with Crippen molar-refractivity contribution in [3.63, 3.8) is 0 Å². The van der Waals surface area contributed by atoms with Crippen LogP contribution in [-0.4, -0.2) is 25.1 Å². The van der Waals surface area contributed by atoms with E-state index in [2.05, 4.69) is 15.3 Å². The van der Waals surface area contributed by atoms with Gasteiger partial charge in [0.2, 0.25) is 0 Å². The zero-order valence-corrected chi connectivity index (χ0v) is 11.5. The van der Waals surface area contributed by atoms with Crippen molar-refractivity contribution in [3.05, 3.63) is 72.3 Å². The summed E-state index contributed by atoms with van der Waals surface area (Å²) in [6.07, 6.45) is 4.04. The minimum atomic E-state index is -0.623. The molecule has 0 aliphatic heterocycles. The molecule has 3 aromatic rings. The molecule has 0 radical (unpaired) electrons. The van der Waals surface area contributed by atoms with Crippen molar-refractivity contribution in [1.82, 2.24) is 20.0 Å². The van der Waals surface area contributed by atoms with Gasteiger partial charge in [0.1, 0.15) is 0 Å². The summed E-state index contributed by atoms with van der Waals surface area (Å²) in [4.78, 5) is 4.26. The van der Waals surface area contributed by atoms with Crippen molar-refractivity contribution in [2.75, 3.05) is 0 Å². The SMILES string of the molecule is OC(CCc1ccccn1)c1cnnn1-c1ccccc1. The van der Waals surface area contributed by atoms with Crippen molar-refractivity contribution >= 4 is 0 Å². The van der Waals surface area contributed by atoms with Crippen LogP contribution in [0.1, 0.15) is 23.9 Å². The van der Waals surface area contributed by atoms with E-state index in [0.717, 1.165) is 11.4 Å². The van der Waals surface area contributed by atoms with E-state index in [9.17, 15) is 5.11 Å². The Morgan fingerprint density at radius 3 is 2.62 bits per heavy atom. The number of aliphatic hydroxyl groups excluding tert-OH is 1. The normalized spacial score (nSPS) is 12.2. The first kappa shape index (κ1) is 13.5. The smallest absolute Gasteiger partial charge is 0.0981 e. The van der Waals surface area contributed by atoms with Crippen LogP contribution >= 0.6 is 0 Å². The quantitative estimate of drug-likeness (QED) is 0.779. The van der Waals surface area contributed by atoms with Crippen LogP contribution in [0.5, 0.6) is 0 Å². The second-order valence-corrected chi connectivity index (χ2v) is 4.78. The monoisotopic (exact) mass is 280 g/mol. The minimum Gasteiger partial charge on any atom is -0.387 e. The second-order valence-electron chi connectivity index (χ2n) is 4.78. The number of hydrogen-bond acceptors (Lipinski definition) is 4. The highest BCUT2D eigenvalue weighted by atomic mass is 16.3. The summed E-state index contributed by atoms with van der Waals surface area (Å²) in [5.41, 5.74) is 2.55. The Bertz CT molecular complexity index is 682. The standard InChI is InChI=1S/C16H16N4O/c21-16(10-9-13-6-4-5-11-17-13)15-12-18-19-20(15)14-7-2-1-3-8-14/h1-8,11-12,16,21H,9-10H2. The maximum atomic E-state index is 10.4. The lowest BCUT2D eigenvalue weighted by atomic mass is 10.1. The molecule has 0 aliphatic rings. The predicted octanol–water partition coefficient (Wildman–Crippen LogP) is 2.33. The zero-order valence-electron chi connectivity index (χ0n) is 11.5. The van der Waals surface area contributed by atoms with Gasteiger partial charge in [-0.05, 0) is 37.1 Å². The average molecular weight is 280 g/mol. The van der Waals surface area contributed by atoms with E-state index in [1.165, 1.54) is 0 Å². The Morgan fingerprint density at radius 2 is 1.86 bits per heavy atom. The molecule has 0 aliphatic carbocycles. The molecule has 106 valence electrons. The summed E-state index contributed by atoms with van der Waals surface area (Å²) in [5.74, 6) is 0. The molecule has 1 unspecified atom stereocenters. The fourth-order valence-electron chi connectivity index (χ4n) is 2.22. The third-order valence-corrected chi connectivity index (χ3v) is 3.32. The van der Waals surface area contributed by atoms with Gasteiger partial charge in [-0.1, -0.05) is 29.5 Å². The third-order valence-electron chi connectivity index (χ3n) is 3.32. The van der Waals surface area contributed by atoms with Gasteiger partial charge in [0.15, 0.2) is 0 Å². The van der Waals surface area contributed by atoms with Gasteiger partial charge < -0.3 is 5.11 Å². The molecule has 1 N–H and O–H groups in total. The average Bonchev–Trinajstić information content (AvgIpc) is 3.04. The molecule has 1 aromatic carbocycles. The van der Waals surface area contributed by atoms with Crippen molar-refractivity contribution in [2.24, 2.45) is 0 Å². The predicted molar refractivity (Wildman–Crippen MR) is 78.9 cm³/mol. The van der Waals surface area contributed by atoms with E-state index in [1.807, 2.05) is 48.5 Å². The Balaban J connectivity index is 1.74. The molecule has 0 amide bonds. The van der Waals surface area contributed by atoms with Gasteiger partial charge in [0.05, 0.1) is 23.7 Å². The number of aliphatic hydroxyl groups is 1. The number of benzene rings is 1. The van der Waals surface area contributed by atoms with Crippen LogP contribution in [0.4, 0.5) is 0 Å². The summed E-state index contributed by atoms with van der Waals surface area (Å²) in [6, 6.07) is 15.5. The van der Waals surface area contributed by atoms with E-state index < -0.39 is 6.10 Å². The van der Waals surface area contributed by atoms with Gasteiger partial charge in [-0.2, -0.15) is 0 Å². The number of pyridine rings is 1. The molecular formula is C16H16N4O. The highest BCUT2D eigenvalue weighted by Gasteiger charge is 2.15. The van der Waals surface area contributed by atoms with Crippen LogP contribution in [0.3, 0.4) is 0 Å². The van der Waals surface area contributed by atoms with Crippen LogP contribution < -0.4 is 0 Å².